The second-order valence-electron chi connectivity index (χ2n) is 6.89. The van der Waals surface area contributed by atoms with Crippen LogP contribution in [0.3, 0.4) is 0 Å². The van der Waals surface area contributed by atoms with Crippen molar-refractivity contribution in [3.05, 3.63) is 29.6 Å². The van der Waals surface area contributed by atoms with E-state index in [1.807, 2.05) is 0 Å². The molecule has 150 valence electrons. The average molecular weight is 400 g/mol. The van der Waals surface area contributed by atoms with Gasteiger partial charge in [-0.2, -0.15) is 13.2 Å². The topological polar surface area (TPSA) is 50.4 Å². The monoisotopic (exact) mass is 400 g/mol. The summed E-state index contributed by atoms with van der Waals surface area (Å²) >= 11 is 0. The summed E-state index contributed by atoms with van der Waals surface area (Å²) in [6, 6.07) is 2.26. The Kier molecular flexibility index (Phi) is 4.67. The molecule has 0 unspecified atom stereocenters. The number of carbonyl (C=O) groups excluding carboxylic acids is 1. The van der Waals surface area contributed by atoms with Crippen LogP contribution in [0.4, 0.5) is 35.5 Å². The molecule has 0 saturated heterocycles. The number of amides is 2. The van der Waals surface area contributed by atoms with Crippen LogP contribution in [0.2, 0.25) is 0 Å². The second kappa shape index (κ2) is 6.45. The minimum Gasteiger partial charge on any atom is -0.403 e. The number of urea groups is 1. The van der Waals surface area contributed by atoms with Crippen molar-refractivity contribution in [3.8, 4) is 5.75 Å². The Bertz CT molecular complexity index is 726. The van der Waals surface area contributed by atoms with Crippen LogP contribution < -0.4 is 15.4 Å². The van der Waals surface area contributed by atoms with E-state index in [2.05, 4.69) is 15.4 Å². The number of carbonyl (C=O) groups is 1. The molecule has 27 heavy (non-hydrogen) atoms. The van der Waals surface area contributed by atoms with Gasteiger partial charge in [0.1, 0.15) is 0 Å². The first-order chi connectivity index (χ1) is 12.4. The van der Waals surface area contributed by atoms with Crippen molar-refractivity contribution in [3.63, 3.8) is 0 Å². The molecule has 2 amide bonds. The van der Waals surface area contributed by atoms with Crippen LogP contribution in [0.5, 0.6) is 5.75 Å². The van der Waals surface area contributed by atoms with Gasteiger partial charge in [-0.25, -0.2) is 9.18 Å². The maximum Gasteiger partial charge on any atom is 0.573 e. The third-order valence-corrected chi connectivity index (χ3v) is 4.99. The molecule has 4 rings (SSSR count). The highest BCUT2D eigenvalue weighted by atomic mass is 19.4. The third kappa shape index (κ3) is 4.22. The van der Waals surface area contributed by atoms with Crippen molar-refractivity contribution in [2.45, 2.75) is 43.9 Å². The van der Waals surface area contributed by atoms with Gasteiger partial charge in [-0.1, -0.05) is 12.1 Å². The van der Waals surface area contributed by atoms with E-state index in [-0.39, 0.29) is 24.8 Å². The second-order valence-corrected chi connectivity index (χ2v) is 6.89. The van der Waals surface area contributed by atoms with Gasteiger partial charge in [-0.05, 0) is 31.2 Å². The van der Waals surface area contributed by atoms with E-state index < -0.39 is 54.1 Å². The van der Waals surface area contributed by atoms with Crippen LogP contribution in [0.1, 0.15) is 24.8 Å². The summed E-state index contributed by atoms with van der Waals surface area (Å²) in [6.07, 6.45) is -9.16. The number of hydrogen-bond donors (Lipinski definition) is 2. The van der Waals surface area contributed by atoms with Gasteiger partial charge < -0.3 is 15.4 Å². The lowest BCUT2D eigenvalue weighted by molar-refractivity contribution is -0.275. The lowest BCUT2D eigenvalue weighted by Gasteiger charge is -2.39. The molecule has 0 radical (unpaired) electrons. The molecule has 3 saturated carbocycles. The third-order valence-electron chi connectivity index (χ3n) is 4.99. The molecule has 3 aliphatic rings. The molecule has 0 heterocycles. The first kappa shape index (κ1) is 19.6. The molecule has 2 bridgehead atoms. The van der Waals surface area contributed by atoms with Gasteiger partial charge in [0.05, 0.1) is 5.92 Å². The van der Waals surface area contributed by atoms with E-state index in [0.717, 1.165) is 18.2 Å². The summed E-state index contributed by atoms with van der Waals surface area (Å²) in [7, 11) is 0. The highest BCUT2D eigenvalue weighted by Crippen LogP contribution is 2.60. The quantitative estimate of drug-likeness (QED) is 0.743. The molecule has 3 aliphatic carbocycles. The summed E-state index contributed by atoms with van der Waals surface area (Å²) in [5.74, 6) is -4.29. The molecule has 11 heteroatoms. The van der Waals surface area contributed by atoms with Crippen molar-refractivity contribution in [1.82, 2.24) is 10.6 Å². The molecular formula is C16H15F7N2O2. The standard InChI is InChI=1S/C16H15F7N2O2/c17-12-8(2-1-3-11(12)27-16(21,22)23)7-24-13(26)25-14-4-9(5-14)10(6-14)15(18,19)20/h1-3,9-10H,4-7H2,(H2,24,25,26)/t9?,10-,14?/m0/s1. The first-order valence-electron chi connectivity index (χ1n) is 8.04. The SMILES string of the molecule is O=C(NCc1cccc(OC(F)(F)F)c1F)NC12CC(C1)[C@@H](C(F)(F)F)C2. The number of hydrogen-bond acceptors (Lipinski definition) is 2. The maximum atomic E-state index is 14.0. The van der Waals surface area contributed by atoms with Crippen molar-refractivity contribution in [2.24, 2.45) is 11.8 Å². The summed E-state index contributed by atoms with van der Waals surface area (Å²) < 4.78 is 92.7. The maximum absolute atomic E-state index is 14.0. The number of rotatable bonds is 4. The van der Waals surface area contributed by atoms with Gasteiger partial charge in [-0.15, -0.1) is 13.2 Å². The largest absolute Gasteiger partial charge is 0.573 e. The zero-order valence-electron chi connectivity index (χ0n) is 13.7. The number of halogens is 7. The molecule has 0 aliphatic heterocycles. The summed E-state index contributed by atoms with van der Waals surface area (Å²) in [5, 5.41) is 4.73. The summed E-state index contributed by atoms with van der Waals surface area (Å²) in [4.78, 5) is 11.9. The number of fused-ring (bicyclic) bond motifs is 1. The van der Waals surface area contributed by atoms with Gasteiger partial charge in [-0.3, -0.25) is 0 Å². The molecule has 1 aromatic carbocycles. The van der Waals surface area contributed by atoms with Crippen LogP contribution in [0.15, 0.2) is 18.2 Å². The van der Waals surface area contributed by atoms with Gasteiger partial charge in [0.15, 0.2) is 11.6 Å². The number of nitrogens with one attached hydrogen (secondary N) is 2. The molecular weight excluding hydrogens is 385 g/mol. The summed E-state index contributed by atoms with van der Waals surface area (Å²) in [5.41, 5.74) is -1.19. The Morgan fingerprint density at radius 2 is 1.81 bits per heavy atom. The Morgan fingerprint density at radius 3 is 2.37 bits per heavy atom. The van der Waals surface area contributed by atoms with Crippen LogP contribution >= 0.6 is 0 Å². The lowest BCUT2D eigenvalue weighted by atomic mass is 9.76. The Balaban J connectivity index is 1.56. The van der Waals surface area contributed by atoms with Gasteiger partial charge in [0, 0.05) is 17.6 Å². The molecule has 3 fully saturated rings. The smallest absolute Gasteiger partial charge is 0.403 e. The van der Waals surface area contributed by atoms with Gasteiger partial charge in [0.2, 0.25) is 0 Å². The zero-order chi connectivity index (χ0) is 20.0. The molecule has 0 aromatic heterocycles. The van der Waals surface area contributed by atoms with Crippen LogP contribution in [-0.2, 0) is 6.54 Å². The molecule has 2 N–H and O–H groups in total. The lowest BCUT2D eigenvalue weighted by Crippen LogP contribution is -2.54. The zero-order valence-corrected chi connectivity index (χ0v) is 13.7. The average Bonchev–Trinajstić information content (AvgIpc) is 3.02. The number of alkyl halides is 6. The predicted octanol–water partition coefficient (Wildman–Crippen LogP) is 4.25. The van der Waals surface area contributed by atoms with E-state index in [0.29, 0.717) is 0 Å². The fourth-order valence-electron chi connectivity index (χ4n) is 3.88. The Morgan fingerprint density at radius 1 is 1.15 bits per heavy atom. The number of benzene rings is 1. The number of ether oxygens (including phenoxy) is 1. The molecule has 1 atom stereocenters. The van der Waals surface area contributed by atoms with Crippen molar-refractivity contribution < 1.29 is 40.3 Å². The van der Waals surface area contributed by atoms with Crippen LogP contribution in [-0.4, -0.2) is 24.1 Å². The fraction of sp³-hybridized carbons (Fsp3) is 0.562. The summed E-state index contributed by atoms with van der Waals surface area (Å²) in [6.45, 7) is -0.449. The Hall–Kier alpha value is -2.20. The molecule has 4 nitrogen and oxygen atoms in total. The highest BCUT2D eigenvalue weighted by Gasteiger charge is 2.64. The fourth-order valence-corrected chi connectivity index (χ4v) is 3.88. The minimum atomic E-state index is -5.07. The van der Waals surface area contributed by atoms with E-state index in [1.165, 1.54) is 0 Å². The minimum absolute atomic E-state index is 0.210. The normalized spacial score (nSPS) is 27.1. The van der Waals surface area contributed by atoms with Crippen LogP contribution in [0.25, 0.3) is 0 Å². The van der Waals surface area contributed by atoms with Crippen molar-refractivity contribution in [1.29, 1.82) is 0 Å². The van der Waals surface area contributed by atoms with E-state index in [9.17, 15) is 35.5 Å². The van der Waals surface area contributed by atoms with Crippen LogP contribution in [0, 0.1) is 17.7 Å². The predicted molar refractivity (Wildman–Crippen MR) is 78.1 cm³/mol. The van der Waals surface area contributed by atoms with Gasteiger partial charge in [0.25, 0.3) is 0 Å². The van der Waals surface area contributed by atoms with Crippen molar-refractivity contribution in [2.75, 3.05) is 0 Å². The van der Waals surface area contributed by atoms with E-state index >= 15 is 0 Å². The van der Waals surface area contributed by atoms with E-state index in [4.69, 9.17) is 0 Å². The first-order valence-corrected chi connectivity index (χ1v) is 8.04. The molecule has 0 spiro atoms. The Labute approximate surface area is 149 Å². The van der Waals surface area contributed by atoms with Gasteiger partial charge >= 0.3 is 18.6 Å². The van der Waals surface area contributed by atoms with Crippen molar-refractivity contribution >= 4 is 6.03 Å². The highest BCUT2D eigenvalue weighted by molar-refractivity contribution is 5.75. The molecule has 1 aromatic rings. The van der Waals surface area contributed by atoms with E-state index in [1.54, 1.807) is 0 Å².